The van der Waals surface area contributed by atoms with Crippen LogP contribution in [0.2, 0.25) is 0 Å². The Morgan fingerprint density at radius 2 is 2.19 bits per heavy atom. The van der Waals surface area contributed by atoms with Gasteiger partial charge in [0.15, 0.2) is 5.16 Å². The summed E-state index contributed by atoms with van der Waals surface area (Å²) < 4.78 is 5.74. The lowest BCUT2D eigenvalue weighted by Crippen LogP contribution is -2.30. The van der Waals surface area contributed by atoms with Crippen molar-refractivity contribution in [3.63, 3.8) is 0 Å². The van der Waals surface area contributed by atoms with Crippen LogP contribution in [0.1, 0.15) is 26.3 Å². The van der Waals surface area contributed by atoms with Crippen LogP contribution in [0.5, 0.6) is 5.75 Å². The van der Waals surface area contributed by atoms with Crippen molar-refractivity contribution < 1.29 is 4.74 Å². The first-order valence-corrected chi connectivity index (χ1v) is 7.90. The van der Waals surface area contributed by atoms with Gasteiger partial charge in [-0.15, -0.1) is 0 Å². The average Bonchev–Trinajstić information content (AvgIpc) is 2.95. The first kappa shape index (κ1) is 15.9. The number of nitrogens with zero attached hydrogens (tertiary/aromatic N) is 2. The summed E-state index contributed by atoms with van der Waals surface area (Å²) in [5.74, 6) is 1.51. The van der Waals surface area contributed by atoms with Crippen LogP contribution in [0.25, 0.3) is 0 Å². The van der Waals surface area contributed by atoms with E-state index >= 15 is 0 Å². The molecule has 21 heavy (non-hydrogen) atoms. The van der Waals surface area contributed by atoms with E-state index in [9.17, 15) is 0 Å². The van der Waals surface area contributed by atoms with Crippen molar-refractivity contribution in [1.82, 2.24) is 15.0 Å². The number of pyridine rings is 1. The summed E-state index contributed by atoms with van der Waals surface area (Å²) in [6, 6.07) is 1.97. The largest absolute Gasteiger partial charge is 0.490 e. The Bertz CT molecular complexity index is 551. The summed E-state index contributed by atoms with van der Waals surface area (Å²) in [6.45, 7) is 6.92. The minimum Gasteiger partial charge on any atom is -0.490 e. The molecule has 6 heteroatoms. The number of H-pyrrole nitrogens is 1. The number of rotatable bonds is 6. The average molecular weight is 306 g/mol. The van der Waals surface area contributed by atoms with Gasteiger partial charge in [-0.05, 0) is 17.0 Å². The third-order valence-electron chi connectivity index (χ3n) is 2.95. The third kappa shape index (κ3) is 5.06. The molecule has 0 bridgehead atoms. The fraction of sp³-hybridized carbons (Fsp3) is 0.467. The number of imidazole rings is 1. The summed E-state index contributed by atoms with van der Waals surface area (Å²) >= 11 is 1.59. The van der Waals surface area contributed by atoms with Gasteiger partial charge < -0.3 is 15.5 Å². The number of thioether (sulfide) groups is 1. The molecule has 2 aromatic heterocycles. The smallest absolute Gasteiger partial charge is 0.165 e. The Morgan fingerprint density at radius 1 is 1.38 bits per heavy atom. The number of aromatic amines is 1. The molecule has 0 saturated carbocycles. The van der Waals surface area contributed by atoms with E-state index in [0.717, 1.165) is 22.2 Å². The molecule has 0 spiro atoms. The second-order valence-electron chi connectivity index (χ2n) is 5.94. The molecule has 2 heterocycles. The molecule has 2 aromatic rings. The van der Waals surface area contributed by atoms with E-state index < -0.39 is 0 Å². The van der Waals surface area contributed by atoms with Gasteiger partial charge in [0.1, 0.15) is 12.4 Å². The lowest BCUT2D eigenvalue weighted by atomic mass is 9.88. The summed E-state index contributed by atoms with van der Waals surface area (Å²) in [5, 5.41) is 0.877. The van der Waals surface area contributed by atoms with Gasteiger partial charge in [0.25, 0.3) is 0 Å². The normalized spacial score (nSPS) is 13.1. The maximum Gasteiger partial charge on any atom is 0.165 e. The van der Waals surface area contributed by atoms with Crippen LogP contribution in [0.15, 0.2) is 36.0 Å². The van der Waals surface area contributed by atoms with Crippen molar-refractivity contribution >= 4 is 11.8 Å². The van der Waals surface area contributed by atoms with Crippen molar-refractivity contribution in [3.05, 3.63) is 36.4 Å². The molecular formula is C15H22N4OS. The van der Waals surface area contributed by atoms with Crippen LogP contribution in [0, 0.1) is 0 Å². The molecule has 0 aliphatic heterocycles. The number of hydrogen-bond acceptors (Lipinski definition) is 5. The second kappa shape index (κ2) is 6.95. The number of hydrogen-bond donors (Lipinski definition) is 2. The van der Waals surface area contributed by atoms with Gasteiger partial charge in [-0.1, -0.05) is 32.5 Å². The van der Waals surface area contributed by atoms with Crippen LogP contribution in [-0.2, 0) is 5.41 Å². The van der Waals surface area contributed by atoms with Crippen LogP contribution in [0.3, 0.4) is 0 Å². The molecule has 1 atom stereocenters. The third-order valence-corrected chi connectivity index (χ3v) is 4.04. The Balaban J connectivity index is 1.82. The van der Waals surface area contributed by atoms with E-state index in [2.05, 4.69) is 35.7 Å². The Hall–Kier alpha value is -1.53. The first-order valence-electron chi connectivity index (χ1n) is 6.91. The molecule has 0 amide bonds. The monoisotopic (exact) mass is 306 g/mol. The summed E-state index contributed by atoms with van der Waals surface area (Å²) in [6.07, 6.45) is 7.13. The van der Waals surface area contributed by atoms with Gasteiger partial charge in [-0.25, -0.2) is 4.98 Å². The molecule has 0 aromatic carbocycles. The van der Waals surface area contributed by atoms with Gasteiger partial charge in [-0.3, -0.25) is 4.98 Å². The minimum absolute atomic E-state index is 0.0570. The predicted octanol–water partition coefficient (Wildman–Crippen LogP) is 2.60. The maximum absolute atomic E-state index is 6.05. The van der Waals surface area contributed by atoms with E-state index in [1.54, 1.807) is 30.4 Å². The lowest BCUT2D eigenvalue weighted by molar-refractivity contribution is 0.296. The number of ether oxygens (including phenoxy) is 1. The van der Waals surface area contributed by atoms with Crippen molar-refractivity contribution in [2.45, 2.75) is 37.4 Å². The molecule has 114 valence electrons. The molecule has 5 nitrogen and oxygen atoms in total. The number of aromatic nitrogens is 3. The molecule has 0 unspecified atom stereocenters. The molecule has 0 aliphatic rings. The van der Waals surface area contributed by atoms with Gasteiger partial charge in [0.2, 0.25) is 0 Å². The molecular weight excluding hydrogens is 284 g/mol. The van der Waals surface area contributed by atoms with Gasteiger partial charge in [-0.2, -0.15) is 0 Å². The quantitative estimate of drug-likeness (QED) is 0.802. The molecule has 0 radical (unpaired) electrons. The summed E-state index contributed by atoms with van der Waals surface area (Å²) in [5.41, 5.74) is 7.26. The first-order chi connectivity index (χ1) is 9.95. The van der Waals surface area contributed by atoms with Gasteiger partial charge in [0, 0.05) is 30.4 Å². The van der Waals surface area contributed by atoms with Gasteiger partial charge in [0.05, 0.1) is 6.20 Å². The Kier molecular flexibility index (Phi) is 5.25. The molecule has 0 fully saturated rings. The van der Waals surface area contributed by atoms with E-state index in [4.69, 9.17) is 10.5 Å². The highest BCUT2D eigenvalue weighted by Gasteiger charge is 2.15. The summed E-state index contributed by atoms with van der Waals surface area (Å²) in [4.78, 5) is 11.4. The SMILES string of the molecule is CC(C)(C)c1cncc(OC[C@@H](N)CSc2ncc[nH]2)c1. The van der Waals surface area contributed by atoms with Crippen LogP contribution in [0.4, 0.5) is 0 Å². The van der Waals surface area contributed by atoms with E-state index in [1.165, 1.54) is 0 Å². The van der Waals surface area contributed by atoms with Crippen molar-refractivity contribution in [3.8, 4) is 5.75 Å². The Labute approximate surface area is 129 Å². The zero-order chi connectivity index (χ0) is 15.3. The van der Waals surface area contributed by atoms with Gasteiger partial charge >= 0.3 is 0 Å². The maximum atomic E-state index is 6.05. The highest BCUT2D eigenvalue weighted by molar-refractivity contribution is 7.99. The van der Waals surface area contributed by atoms with Crippen LogP contribution in [-0.4, -0.2) is 33.4 Å². The van der Waals surface area contributed by atoms with Crippen molar-refractivity contribution in [2.24, 2.45) is 5.73 Å². The minimum atomic E-state index is -0.0570. The lowest BCUT2D eigenvalue weighted by Gasteiger charge is -2.19. The standard InChI is InChI=1S/C15H22N4OS/c1-15(2,3)11-6-13(8-17-7-11)20-9-12(16)10-21-14-18-4-5-19-14/h4-8,12H,9-10,16H2,1-3H3,(H,18,19)/t12-/m1/s1. The van der Waals surface area contributed by atoms with Crippen LogP contribution >= 0.6 is 11.8 Å². The molecule has 0 aliphatic carbocycles. The van der Waals surface area contributed by atoms with Crippen molar-refractivity contribution in [2.75, 3.05) is 12.4 Å². The molecule has 3 N–H and O–H groups in total. The highest BCUT2D eigenvalue weighted by Crippen LogP contribution is 2.24. The zero-order valence-corrected chi connectivity index (χ0v) is 13.5. The molecule has 0 saturated heterocycles. The van der Waals surface area contributed by atoms with E-state index in [1.807, 2.05) is 12.3 Å². The number of nitrogens with one attached hydrogen (secondary N) is 1. The predicted molar refractivity (Wildman–Crippen MR) is 85.7 cm³/mol. The van der Waals surface area contributed by atoms with E-state index in [-0.39, 0.29) is 11.5 Å². The fourth-order valence-corrected chi connectivity index (χ4v) is 2.43. The number of nitrogens with two attached hydrogens (primary N) is 1. The zero-order valence-electron chi connectivity index (χ0n) is 12.7. The Morgan fingerprint density at radius 3 is 2.86 bits per heavy atom. The summed E-state index contributed by atoms with van der Waals surface area (Å²) in [7, 11) is 0. The highest BCUT2D eigenvalue weighted by atomic mass is 32.2. The fourth-order valence-electron chi connectivity index (χ4n) is 1.67. The topological polar surface area (TPSA) is 76.8 Å². The molecule has 2 rings (SSSR count). The van der Waals surface area contributed by atoms with Crippen LogP contribution < -0.4 is 10.5 Å². The second-order valence-corrected chi connectivity index (χ2v) is 6.94. The van der Waals surface area contributed by atoms with E-state index in [0.29, 0.717) is 6.61 Å². The van der Waals surface area contributed by atoms with Crippen molar-refractivity contribution in [1.29, 1.82) is 0 Å².